The van der Waals surface area contributed by atoms with Crippen LogP contribution in [0.1, 0.15) is 24.2 Å². The lowest BCUT2D eigenvalue weighted by molar-refractivity contribution is -0.133. The molecule has 0 fully saturated rings. The van der Waals surface area contributed by atoms with Gasteiger partial charge in [-0.25, -0.2) is 9.87 Å². The first-order chi connectivity index (χ1) is 10.3. The van der Waals surface area contributed by atoms with E-state index in [1.54, 1.807) is 24.5 Å². The molecule has 112 valence electrons. The molecule has 5 heteroatoms. The average molecular weight is 291 g/mol. The molecule has 1 aromatic heterocycles. The van der Waals surface area contributed by atoms with Crippen molar-refractivity contribution in [2.45, 2.75) is 25.7 Å². The minimum Gasteiger partial charge on any atom is -0.469 e. The molecule has 0 aliphatic heterocycles. The van der Waals surface area contributed by atoms with Crippen molar-refractivity contribution in [2.75, 3.05) is 6.61 Å². The Balaban J connectivity index is 1.56. The van der Waals surface area contributed by atoms with Crippen molar-refractivity contribution in [2.24, 2.45) is 0 Å². The van der Waals surface area contributed by atoms with Gasteiger partial charge in [-0.05, 0) is 36.6 Å². The Labute approximate surface area is 122 Å². The van der Waals surface area contributed by atoms with E-state index >= 15 is 0 Å². The maximum Gasteiger partial charge on any atom is 0.243 e. The number of halogens is 1. The van der Waals surface area contributed by atoms with Gasteiger partial charge in [0.15, 0.2) is 0 Å². The van der Waals surface area contributed by atoms with E-state index in [1.807, 2.05) is 12.1 Å². The molecule has 1 amide bonds. The number of hydrogen-bond donors (Lipinski definition) is 1. The van der Waals surface area contributed by atoms with Gasteiger partial charge in [0, 0.05) is 12.8 Å². The Morgan fingerprint density at radius 2 is 2.05 bits per heavy atom. The van der Waals surface area contributed by atoms with Gasteiger partial charge in [0.2, 0.25) is 5.91 Å². The normalized spacial score (nSPS) is 10.5. The molecular formula is C16H18FNO3. The van der Waals surface area contributed by atoms with E-state index in [0.717, 1.165) is 18.6 Å². The lowest BCUT2D eigenvalue weighted by atomic mass is 10.1. The fourth-order valence-electron chi connectivity index (χ4n) is 1.91. The highest BCUT2D eigenvalue weighted by molar-refractivity contribution is 5.75. The molecule has 0 unspecified atom stereocenters. The van der Waals surface area contributed by atoms with E-state index in [9.17, 15) is 9.18 Å². The molecule has 0 bridgehead atoms. The number of hydrogen-bond acceptors (Lipinski definition) is 3. The van der Waals surface area contributed by atoms with Crippen molar-refractivity contribution >= 4 is 5.91 Å². The molecule has 0 saturated carbocycles. The number of aryl methyl sites for hydroxylation is 2. The number of carbonyl (C=O) groups is 1. The van der Waals surface area contributed by atoms with Crippen molar-refractivity contribution in [3.8, 4) is 0 Å². The summed E-state index contributed by atoms with van der Waals surface area (Å²) < 4.78 is 18.5. The molecule has 2 rings (SSSR count). The third kappa shape index (κ3) is 5.39. The number of rotatable bonds is 8. The van der Waals surface area contributed by atoms with E-state index in [2.05, 4.69) is 5.48 Å². The van der Waals surface area contributed by atoms with Crippen molar-refractivity contribution in [1.29, 1.82) is 0 Å². The van der Waals surface area contributed by atoms with Gasteiger partial charge in [0.05, 0.1) is 12.9 Å². The summed E-state index contributed by atoms with van der Waals surface area (Å²) in [5.74, 6) is 0.352. The van der Waals surface area contributed by atoms with Gasteiger partial charge in [-0.15, -0.1) is 0 Å². The molecule has 0 aliphatic carbocycles. The average Bonchev–Trinajstić information content (AvgIpc) is 2.99. The molecule has 0 spiro atoms. The molecule has 4 nitrogen and oxygen atoms in total. The summed E-state index contributed by atoms with van der Waals surface area (Å²) in [6.45, 7) is 0.409. The molecule has 21 heavy (non-hydrogen) atoms. The number of furan rings is 1. The molecular weight excluding hydrogens is 273 g/mol. The maximum absolute atomic E-state index is 13.4. The SMILES string of the molecule is O=C(CCc1ccccc1F)NOCCCc1ccco1. The fraction of sp³-hybridized carbons (Fsp3) is 0.312. The van der Waals surface area contributed by atoms with Gasteiger partial charge in [-0.1, -0.05) is 18.2 Å². The molecule has 0 atom stereocenters. The number of hydroxylamine groups is 1. The number of carbonyl (C=O) groups excluding carboxylic acids is 1. The summed E-state index contributed by atoms with van der Waals surface area (Å²) >= 11 is 0. The first-order valence-electron chi connectivity index (χ1n) is 6.92. The van der Waals surface area contributed by atoms with Gasteiger partial charge in [0.1, 0.15) is 11.6 Å². The summed E-state index contributed by atoms with van der Waals surface area (Å²) in [5.41, 5.74) is 2.89. The van der Waals surface area contributed by atoms with Crippen molar-refractivity contribution in [3.63, 3.8) is 0 Å². The lowest BCUT2D eigenvalue weighted by Gasteiger charge is -2.06. The monoisotopic (exact) mass is 291 g/mol. The molecule has 2 aromatic rings. The van der Waals surface area contributed by atoms with Crippen molar-refractivity contribution in [1.82, 2.24) is 5.48 Å². The molecule has 0 saturated heterocycles. The molecule has 0 radical (unpaired) electrons. The Morgan fingerprint density at radius 1 is 1.19 bits per heavy atom. The number of nitrogens with one attached hydrogen (secondary N) is 1. The largest absolute Gasteiger partial charge is 0.469 e. The summed E-state index contributed by atoms with van der Waals surface area (Å²) in [7, 11) is 0. The zero-order valence-electron chi connectivity index (χ0n) is 11.7. The molecule has 1 N–H and O–H groups in total. The van der Waals surface area contributed by atoms with E-state index < -0.39 is 0 Å². The van der Waals surface area contributed by atoms with Gasteiger partial charge < -0.3 is 4.42 Å². The van der Waals surface area contributed by atoms with E-state index in [1.165, 1.54) is 6.07 Å². The summed E-state index contributed by atoms with van der Waals surface area (Å²) in [4.78, 5) is 16.6. The standard InChI is InChI=1S/C16H18FNO3/c17-15-8-2-1-5-13(15)9-10-16(19)18-21-12-4-7-14-6-3-11-20-14/h1-3,5-6,8,11H,4,7,9-10,12H2,(H,18,19). The Kier molecular flexibility index (Phi) is 5.97. The Bertz CT molecular complexity index is 554. The van der Waals surface area contributed by atoms with Gasteiger partial charge in [0.25, 0.3) is 0 Å². The van der Waals surface area contributed by atoms with Crippen molar-refractivity contribution in [3.05, 3.63) is 59.8 Å². The van der Waals surface area contributed by atoms with Crippen LogP contribution < -0.4 is 5.48 Å². The van der Waals surface area contributed by atoms with E-state index in [4.69, 9.17) is 9.25 Å². The minimum absolute atomic E-state index is 0.194. The van der Waals surface area contributed by atoms with Crippen LogP contribution in [0, 0.1) is 5.82 Å². The second kappa shape index (κ2) is 8.21. The lowest BCUT2D eigenvalue weighted by Crippen LogP contribution is -2.24. The summed E-state index contributed by atoms with van der Waals surface area (Å²) in [5, 5.41) is 0. The minimum atomic E-state index is -0.287. The highest BCUT2D eigenvalue weighted by Crippen LogP contribution is 2.08. The van der Waals surface area contributed by atoms with Crippen LogP contribution in [-0.4, -0.2) is 12.5 Å². The van der Waals surface area contributed by atoms with Gasteiger partial charge >= 0.3 is 0 Å². The van der Waals surface area contributed by atoms with Crippen LogP contribution in [-0.2, 0) is 22.5 Å². The molecule has 1 aromatic carbocycles. The molecule has 1 heterocycles. The number of benzene rings is 1. The smallest absolute Gasteiger partial charge is 0.243 e. The van der Waals surface area contributed by atoms with Gasteiger partial charge in [-0.3, -0.25) is 9.63 Å². The molecule has 0 aliphatic rings. The van der Waals surface area contributed by atoms with Crippen LogP contribution in [0.3, 0.4) is 0 Å². The van der Waals surface area contributed by atoms with Crippen LogP contribution in [0.5, 0.6) is 0 Å². The van der Waals surface area contributed by atoms with Crippen LogP contribution in [0.4, 0.5) is 4.39 Å². The summed E-state index contributed by atoms with van der Waals surface area (Å²) in [6.07, 6.45) is 3.69. The van der Waals surface area contributed by atoms with Crippen LogP contribution in [0.25, 0.3) is 0 Å². The third-order valence-electron chi connectivity index (χ3n) is 3.01. The predicted molar refractivity (Wildman–Crippen MR) is 75.8 cm³/mol. The van der Waals surface area contributed by atoms with Crippen LogP contribution in [0.15, 0.2) is 47.1 Å². The predicted octanol–water partition coefficient (Wildman–Crippen LogP) is 3.03. The van der Waals surface area contributed by atoms with Crippen molar-refractivity contribution < 1.29 is 18.4 Å². The summed E-state index contributed by atoms with van der Waals surface area (Å²) in [6, 6.07) is 10.2. The highest BCUT2D eigenvalue weighted by Gasteiger charge is 2.05. The quantitative estimate of drug-likeness (QED) is 0.601. The Hall–Kier alpha value is -2.14. The fourth-order valence-corrected chi connectivity index (χ4v) is 1.91. The first-order valence-corrected chi connectivity index (χ1v) is 6.92. The van der Waals surface area contributed by atoms with Gasteiger partial charge in [-0.2, -0.15) is 0 Å². The number of amides is 1. The van der Waals surface area contributed by atoms with Crippen LogP contribution in [0.2, 0.25) is 0 Å². The second-order valence-corrected chi connectivity index (χ2v) is 4.65. The highest BCUT2D eigenvalue weighted by atomic mass is 19.1. The zero-order chi connectivity index (χ0) is 14.9. The second-order valence-electron chi connectivity index (χ2n) is 4.65. The Morgan fingerprint density at radius 3 is 2.81 bits per heavy atom. The topological polar surface area (TPSA) is 51.5 Å². The van der Waals surface area contributed by atoms with E-state index in [0.29, 0.717) is 18.6 Å². The first kappa shape index (κ1) is 15.3. The zero-order valence-corrected chi connectivity index (χ0v) is 11.7. The maximum atomic E-state index is 13.4. The van der Waals surface area contributed by atoms with Crippen LogP contribution >= 0.6 is 0 Å². The third-order valence-corrected chi connectivity index (χ3v) is 3.01. The van der Waals surface area contributed by atoms with E-state index in [-0.39, 0.29) is 18.1 Å².